The highest BCUT2D eigenvalue weighted by Crippen LogP contribution is 2.28. The summed E-state index contributed by atoms with van der Waals surface area (Å²) in [7, 11) is 2.11. The van der Waals surface area contributed by atoms with Crippen LogP contribution in [-0.4, -0.2) is 37.5 Å². The monoisotopic (exact) mass is 209 g/mol. The number of nitrogens with one attached hydrogen (secondary N) is 1. The van der Waals surface area contributed by atoms with Crippen LogP contribution < -0.4 is 5.32 Å². The van der Waals surface area contributed by atoms with E-state index in [1.165, 1.54) is 14.2 Å². The van der Waals surface area contributed by atoms with Gasteiger partial charge in [-0.3, -0.25) is 9.36 Å². The van der Waals surface area contributed by atoms with E-state index in [0.717, 1.165) is 0 Å². The van der Waals surface area contributed by atoms with Crippen molar-refractivity contribution in [3.63, 3.8) is 0 Å². The lowest BCUT2D eigenvalue weighted by molar-refractivity contribution is -0.156. The van der Waals surface area contributed by atoms with Crippen LogP contribution >= 0.6 is 8.46 Å². The minimum absolute atomic E-state index is 0.244. The highest BCUT2D eigenvalue weighted by Gasteiger charge is 2.33. The number of ether oxygens (including phenoxy) is 2. The summed E-state index contributed by atoms with van der Waals surface area (Å²) in [6, 6.07) is 0. The van der Waals surface area contributed by atoms with Crippen LogP contribution in [0.5, 0.6) is 0 Å². The largest absolute Gasteiger partial charge is 0.377 e. The Balaban J connectivity index is 4.24. The first-order valence-electron chi connectivity index (χ1n) is 3.46. The van der Waals surface area contributed by atoms with Gasteiger partial charge in [-0.1, -0.05) is 0 Å². The lowest BCUT2D eigenvalue weighted by Gasteiger charge is -2.22. The fourth-order valence-electron chi connectivity index (χ4n) is 0.688. The summed E-state index contributed by atoms with van der Waals surface area (Å²) < 4.78 is 20.2. The lowest BCUT2D eigenvalue weighted by Crippen LogP contribution is -2.36. The summed E-state index contributed by atoms with van der Waals surface area (Å²) >= 11 is 0. The van der Waals surface area contributed by atoms with Crippen molar-refractivity contribution in [2.45, 2.75) is 11.9 Å². The average molecular weight is 209 g/mol. The molecule has 6 nitrogen and oxygen atoms in total. The number of methoxy groups -OCH3 is 2. The highest BCUT2D eigenvalue weighted by molar-refractivity contribution is 7.25. The molecule has 0 bridgehead atoms. The molecule has 13 heavy (non-hydrogen) atoms. The minimum atomic E-state index is -1.46. The van der Waals surface area contributed by atoms with Crippen molar-refractivity contribution in [3.8, 4) is 0 Å². The van der Waals surface area contributed by atoms with Crippen LogP contribution in [0.25, 0.3) is 0 Å². The van der Waals surface area contributed by atoms with Gasteiger partial charge in [-0.25, -0.2) is 0 Å². The van der Waals surface area contributed by atoms with Crippen molar-refractivity contribution in [2.24, 2.45) is 0 Å². The molecule has 76 valence electrons. The van der Waals surface area contributed by atoms with E-state index in [2.05, 4.69) is 5.32 Å². The van der Waals surface area contributed by atoms with Crippen molar-refractivity contribution in [1.82, 2.24) is 5.32 Å². The second kappa shape index (κ2) is 5.99. The average Bonchev–Trinajstić information content (AvgIpc) is 2.15. The van der Waals surface area contributed by atoms with E-state index in [1.54, 1.807) is 0 Å². The second-order valence-corrected chi connectivity index (χ2v) is 3.01. The van der Waals surface area contributed by atoms with E-state index < -0.39 is 26.6 Å². The Morgan fingerprint density at radius 2 is 2.08 bits per heavy atom. The van der Waals surface area contributed by atoms with Crippen LogP contribution in [-0.2, 0) is 18.8 Å². The first-order valence-corrected chi connectivity index (χ1v) is 4.27. The Morgan fingerprint density at radius 3 is 2.38 bits per heavy atom. The van der Waals surface area contributed by atoms with E-state index in [-0.39, 0.29) is 6.42 Å². The van der Waals surface area contributed by atoms with Crippen molar-refractivity contribution in [2.75, 3.05) is 21.0 Å². The van der Waals surface area contributed by atoms with E-state index in [4.69, 9.17) is 14.6 Å². The summed E-state index contributed by atoms with van der Waals surface area (Å²) in [4.78, 5) is 11.0. The van der Waals surface area contributed by atoms with E-state index in [1.807, 2.05) is 0 Å². The molecule has 0 saturated carbocycles. The van der Waals surface area contributed by atoms with Crippen molar-refractivity contribution >= 4 is 14.4 Å². The molecule has 0 rings (SSSR count). The molecule has 0 aliphatic rings. The number of rotatable bonds is 6. The van der Waals surface area contributed by atoms with Gasteiger partial charge in [0.2, 0.25) is 14.4 Å². The number of carbonyl (C=O) groups excluding carboxylic acids is 1. The molecule has 0 fully saturated rings. The smallest absolute Gasteiger partial charge is 0.259 e. The van der Waals surface area contributed by atoms with Crippen molar-refractivity contribution < 1.29 is 23.9 Å². The van der Waals surface area contributed by atoms with Gasteiger partial charge in [0.25, 0.3) is 5.53 Å². The lowest BCUT2D eigenvalue weighted by atomic mass is 10.4. The normalized spacial score (nSPS) is 11.6. The van der Waals surface area contributed by atoms with E-state index in [9.17, 15) is 9.36 Å². The summed E-state index contributed by atoms with van der Waals surface area (Å²) in [5.41, 5.74) is -1.46. The maximum atomic E-state index is 11.0. The van der Waals surface area contributed by atoms with Crippen LogP contribution in [0.2, 0.25) is 0 Å². The Bertz CT molecular complexity index is 182. The van der Waals surface area contributed by atoms with Gasteiger partial charge >= 0.3 is 0 Å². The summed E-state index contributed by atoms with van der Waals surface area (Å²) in [6.07, 6.45) is -0.244. The molecule has 0 saturated heterocycles. The molecule has 0 aromatic carbocycles. The molecular formula is C6H12NO5P. The summed E-state index contributed by atoms with van der Waals surface area (Å²) in [5, 5.41) is 10.5. The molecule has 0 aliphatic heterocycles. The molecule has 0 aromatic heterocycles. The molecule has 0 spiro atoms. The molecule has 0 aliphatic carbocycles. The maximum Gasteiger partial charge on any atom is 0.259 e. The molecule has 0 atom stereocenters. The molecule has 2 N–H and O–H groups in total. The third-order valence-corrected chi connectivity index (χ3v) is 2.24. The zero-order valence-corrected chi connectivity index (χ0v) is 8.34. The number of hydrogen-bond donors (Lipinski definition) is 2. The van der Waals surface area contributed by atoms with Crippen LogP contribution in [0.3, 0.4) is 0 Å². The van der Waals surface area contributed by atoms with Gasteiger partial charge in [0.1, 0.15) is 6.73 Å². The molecule has 0 unspecified atom stereocenters. The first kappa shape index (κ1) is 12.4. The zero-order valence-electron chi connectivity index (χ0n) is 7.44. The standard InChI is InChI=1S/C6H12NO5P/c1-11-6(12-2,13-10)3-5(9)7-4-8/h8H,3-4H2,1-2H3,(H,7,9). The third kappa shape index (κ3) is 3.78. The van der Waals surface area contributed by atoms with Crippen LogP contribution in [0.4, 0.5) is 0 Å². The number of carbonyl (C=O) groups is 1. The highest BCUT2D eigenvalue weighted by atomic mass is 31.1. The van der Waals surface area contributed by atoms with Crippen LogP contribution in [0.1, 0.15) is 6.42 Å². The number of amides is 1. The fraction of sp³-hybridized carbons (Fsp3) is 0.833. The Morgan fingerprint density at radius 1 is 1.54 bits per heavy atom. The maximum absolute atomic E-state index is 11.0. The molecule has 0 radical (unpaired) electrons. The van der Waals surface area contributed by atoms with E-state index >= 15 is 0 Å². The second-order valence-electron chi connectivity index (χ2n) is 2.15. The van der Waals surface area contributed by atoms with Crippen LogP contribution in [0.15, 0.2) is 0 Å². The van der Waals surface area contributed by atoms with E-state index in [0.29, 0.717) is 0 Å². The van der Waals surface area contributed by atoms with Crippen molar-refractivity contribution in [1.29, 1.82) is 0 Å². The zero-order chi connectivity index (χ0) is 10.3. The molecule has 1 amide bonds. The van der Waals surface area contributed by atoms with Gasteiger partial charge in [0.05, 0.1) is 6.42 Å². The van der Waals surface area contributed by atoms with Gasteiger partial charge in [-0.2, -0.15) is 0 Å². The van der Waals surface area contributed by atoms with Crippen LogP contribution in [0, 0.1) is 0 Å². The fourth-order valence-corrected chi connectivity index (χ4v) is 1.05. The molecular weight excluding hydrogens is 197 g/mol. The van der Waals surface area contributed by atoms with Gasteiger partial charge < -0.3 is 19.9 Å². The number of aliphatic hydroxyl groups excluding tert-OH is 1. The number of hydrogen-bond acceptors (Lipinski definition) is 5. The van der Waals surface area contributed by atoms with Crippen molar-refractivity contribution in [3.05, 3.63) is 0 Å². The van der Waals surface area contributed by atoms with Gasteiger partial charge in [-0.05, 0) is 0 Å². The molecule has 0 heterocycles. The Hall–Kier alpha value is -0.550. The van der Waals surface area contributed by atoms with Gasteiger partial charge in [0.15, 0.2) is 0 Å². The third-order valence-electron chi connectivity index (χ3n) is 1.44. The van der Waals surface area contributed by atoms with Gasteiger partial charge in [0, 0.05) is 14.2 Å². The SMILES string of the molecule is COC(CC(=O)NCO)(OC)P=O. The predicted octanol–water partition coefficient (Wildman–Crippen LogP) is -0.319. The Kier molecular flexibility index (Phi) is 5.73. The molecule has 0 aromatic rings. The number of aliphatic hydroxyl groups is 1. The predicted molar refractivity (Wildman–Crippen MR) is 44.2 cm³/mol. The topological polar surface area (TPSA) is 84.9 Å². The quantitative estimate of drug-likeness (QED) is 0.462. The summed E-state index contributed by atoms with van der Waals surface area (Å²) in [6.45, 7) is -0.474. The first-order chi connectivity index (χ1) is 6.14. The Labute approximate surface area is 77.4 Å². The molecule has 7 heteroatoms. The minimum Gasteiger partial charge on any atom is -0.377 e. The summed E-state index contributed by atoms with van der Waals surface area (Å²) in [5.74, 6) is -0.505. The van der Waals surface area contributed by atoms with Gasteiger partial charge in [-0.15, -0.1) is 0 Å².